The highest BCUT2D eigenvalue weighted by molar-refractivity contribution is 5.83. The van der Waals surface area contributed by atoms with E-state index in [-0.39, 0.29) is 11.9 Å². The van der Waals surface area contributed by atoms with E-state index >= 15 is 0 Å². The molecule has 2 aliphatic rings. The summed E-state index contributed by atoms with van der Waals surface area (Å²) in [5.74, 6) is -0.710. The summed E-state index contributed by atoms with van der Waals surface area (Å²) >= 11 is 0. The Bertz CT molecular complexity index is 339. The molecular formula is C13H22N2O3. The molecule has 5 heteroatoms. The van der Waals surface area contributed by atoms with Crippen molar-refractivity contribution in [1.29, 1.82) is 0 Å². The van der Waals surface area contributed by atoms with E-state index < -0.39 is 11.4 Å². The molecule has 0 bridgehead atoms. The van der Waals surface area contributed by atoms with Gasteiger partial charge in [-0.25, -0.2) is 0 Å². The molecule has 102 valence electrons. The Kier molecular flexibility index (Phi) is 3.90. The molecule has 5 nitrogen and oxygen atoms in total. The van der Waals surface area contributed by atoms with Crippen LogP contribution >= 0.6 is 0 Å². The Balaban J connectivity index is 1.99. The van der Waals surface area contributed by atoms with E-state index in [1.165, 1.54) is 0 Å². The second kappa shape index (κ2) is 5.26. The summed E-state index contributed by atoms with van der Waals surface area (Å²) in [6, 6.07) is -0.102. The van der Waals surface area contributed by atoms with Crippen LogP contribution in [0.25, 0.3) is 0 Å². The van der Waals surface area contributed by atoms with Crippen molar-refractivity contribution in [2.45, 2.75) is 45.1 Å². The lowest BCUT2D eigenvalue weighted by atomic mass is 9.81. The molecule has 1 unspecified atom stereocenters. The summed E-state index contributed by atoms with van der Waals surface area (Å²) in [4.78, 5) is 25.3. The standard InChI is InChI=1S/C13H22N2O3/c1-13(12(17)18)6-4-8-15(9-13)11(16)10-5-2-3-7-14-10/h10,14H,2-9H2,1H3,(H,17,18)/t10-,13?/m1/s1. The van der Waals surface area contributed by atoms with Gasteiger partial charge in [0, 0.05) is 13.1 Å². The van der Waals surface area contributed by atoms with Crippen molar-refractivity contribution in [2.24, 2.45) is 5.41 Å². The van der Waals surface area contributed by atoms with Gasteiger partial charge in [-0.3, -0.25) is 9.59 Å². The smallest absolute Gasteiger partial charge is 0.311 e. The Morgan fingerprint density at radius 1 is 1.33 bits per heavy atom. The number of aliphatic carboxylic acids is 1. The molecule has 2 saturated heterocycles. The lowest BCUT2D eigenvalue weighted by molar-refractivity contribution is -0.154. The molecule has 0 saturated carbocycles. The maximum atomic E-state index is 12.3. The van der Waals surface area contributed by atoms with Gasteiger partial charge < -0.3 is 15.3 Å². The molecule has 0 aromatic carbocycles. The summed E-state index contributed by atoms with van der Waals surface area (Å²) in [6.07, 6.45) is 4.51. The van der Waals surface area contributed by atoms with Gasteiger partial charge in [-0.2, -0.15) is 0 Å². The van der Waals surface area contributed by atoms with Gasteiger partial charge in [0.05, 0.1) is 11.5 Å². The first-order valence-corrected chi connectivity index (χ1v) is 6.78. The highest BCUT2D eigenvalue weighted by atomic mass is 16.4. The number of nitrogens with zero attached hydrogens (tertiary/aromatic N) is 1. The highest BCUT2D eigenvalue weighted by Gasteiger charge is 2.40. The number of nitrogens with one attached hydrogen (secondary N) is 1. The van der Waals surface area contributed by atoms with Crippen LogP contribution in [0, 0.1) is 5.41 Å². The van der Waals surface area contributed by atoms with Gasteiger partial charge in [-0.05, 0) is 39.2 Å². The minimum absolute atomic E-state index is 0.0851. The molecular weight excluding hydrogens is 232 g/mol. The van der Waals surface area contributed by atoms with Crippen LogP contribution in [0.1, 0.15) is 39.0 Å². The molecule has 0 aliphatic carbocycles. The van der Waals surface area contributed by atoms with E-state index in [2.05, 4.69) is 5.32 Å². The number of hydrogen-bond donors (Lipinski definition) is 2. The SMILES string of the molecule is CC1(C(=O)O)CCCN(C(=O)[C@H]2CCCCN2)C1. The maximum Gasteiger partial charge on any atom is 0.311 e. The van der Waals surface area contributed by atoms with Crippen LogP contribution < -0.4 is 5.32 Å². The van der Waals surface area contributed by atoms with Gasteiger partial charge in [-0.15, -0.1) is 0 Å². The number of likely N-dealkylation sites (tertiary alicyclic amines) is 1. The third-order valence-corrected chi connectivity index (χ3v) is 4.13. The summed E-state index contributed by atoms with van der Waals surface area (Å²) in [7, 11) is 0. The second-order valence-corrected chi connectivity index (χ2v) is 5.73. The molecule has 2 atom stereocenters. The Morgan fingerprint density at radius 3 is 2.72 bits per heavy atom. The minimum Gasteiger partial charge on any atom is -0.481 e. The number of amides is 1. The van der Waals surface area contributed by atoms with E-state index in [1.54, 1.807) is 11.8 Å². The Labute approximate surface area is 108 Å². The summed E-state index contributed by atoms with van der Waals surface area (Å²) in [5.41, 5.74) is -0.775. The quantitative estimate of drug-likeness (QED) is 0.766. The zero-order valence-corrected chi connectivity index (χ0v) is 10.9. The molecule has 2 heterocycles. The van der Waals surface area contributed by atoms with Crippen LogP contribution in [0.15, 0.2) is 0 Å². The zero-order chi connectivity index (χ0) is 13.2. The average Bonchev–Trinajstić information content (AvgIpc) is 2.39. The molecule has 18 heavy (non-hydrogen) atoms. The third kappa shape index (κ3) is 2.66. The topological polar surface area (TPSA) is 69.6 Å². The number of rotatable bonds is 2. The predicted molar refractivity (Wildman–Crippen MR) is 67.2 cm³/mol. The fourth-order valence-electron chi connectivity index (χ4n) is 2.89. The molecule has 1 amide bonds. The van der Waals surface area contributed by atoms with E-state index in [9.17, 15) is 14.7 Å². The molecule has 0 aromatic rings. The summed E-state index contributed by atoms with van der Waals surface area (Å²) in [6.45, 7) is 3.67. The normalized spacial score (nSPS) is 33.2. The lowest BCUT2D eigenvalue weighted by Gasteiger charge is -2.39. The van der Waals surface area contributed by atoms with Crippen LogP contribution in [0.4, 0.5) is 0 Å². The van der Waals surface area contributed by atoms with Crippen molar-refractivity contribution in [3.8, 4) is 0 Å². The van der Waals surface area contributed by atoms with Gasteiger partial charge in [0.1, 0.15) is 0 Å². The molecule has 0 radical (unpaired) electrons. The number of carboxylic acid groups (broad SMARTS) is 1. The number of carbonyl (C=O) groups excluding carboxylic acids is 1. The van der Waals surface area contributed by atoms with Crippen LogP contribution in [0.5, 0.6) is 0 Å². The van der Waals surface area contributed by atoms with Crippen LogP contribution in [-0.2, 0) is 9.59 Å². The van der Waals surface area contributed by atoms with E-state index in [4.69, 9.17) is 0 Å². The van der Waals surface area contributed by atoms with Crippen molar-refractivity contribution in [3.63, 3.8) is 0 Å². The minimum atomic E-state index is -0.795. The molecule has 2 aliphatic heterocycles. The van der Waals surface area contributed by atoms with E-state index in [0.717, 1.165) is 32.2 Å². The first kappa shape index (κ1) is 13.3. The fraction of sp³-hybridized carbons (Fsp3) is 0.846. The summed E-state index contributed by atoms with van der Waals surface area (Å²) in [5, 5.41) is 12.5. The molecule has 0 aromatic heterocycles. The monoisotopic (exact) mass is 254 g/mol. The number of carbonyl (C=O) groups is 2. The van der Waals surface area contributed by atoms with Gasteiger partial charge in [0.15, 0.2) is 0 Å². The number of carboxylic acids is 1. The van der Waals surface area contributed by atoms with Crippen LogP contribution in [-0.4, -0.2) is 47.6 Å². The van der Waals surface area contributed by atoms with Crippen molar-refractivity contribution in [3.05, 3.63) is 0 Å². The van der Waals surface area contributed by atoms with E-state index in [1.807, 2.05) is 0 Å². The third-order valence-electron chi connectivity index (χ3n) is 4.13. The van der Waals surface area contributed by atoms with Gasteiger partial charge in [0.2, 0.25) is 5.91 Å². The second-order valence-electron chi connectivity index (χ2n) is 5.73. The van der Waals surface area contributed by atoms with Crippen LogP contribution in [0.3, 0.4) is 0 Å². The predicted octanol–water partition coefficient (Wildman–Crippen LogP) is 0.842. The molecule has 2 rings (SSSR count). The number of piperidine rings is 2. The Morgan fingerprint density at radius 2 is 2.11 bits per heavy atom. The van der Waals surface area contributed by atoms with Gasteiger partial charge in [-0.1, -0.05) is 6.42 Å². The first-order valence-electron chi connectivity index (χ1n) is 6.78. The molecule has 2 N–H and O–H groups in total. The lowest BCUT2D eigenvalue weighted by Crippen LogP contribution is -2.54. The average molecular weight is 254 g/mol. The van der Waals surface area contributed by atoms with Gasteiger partial charge in [0.25, 0.3) is 0 Å². The first-order chi connectivity index (χ1) is 8.53. The maximum absolute atomic E-state index is 12.3. The van der Waals surface area contributed by atoms with Crippen molar-refractivity contribution in [1.82, 2.24) is 10.2 Å². The summed E-state index contributed by atoms with van der Waals surface area (Å²) < 4.78 is 0. The number of hydrogen-bond acceptors (Lipinski definition) is 3. The zero-order valence-electron chi connectivity index (χ0n) is 10.9. The largest absolute Gasteiger partial charge is 0.481 e. The molecule has 2 fully saturated rings. The fourth-order valence-corrected chi connectivity index (χ4v) is 2.89. The van der Waals surface area contributed by atoms with Crippen molar-refractivity contribution < 1.29 is 14.7 Å². The highest BCUT2D eigenvalue weighted by Crippen LogP contribution is 2.30. The van der Waals surface area contributed by atoms with Crippen molar-refractivity contribution in [2.75, 3.05) is 19.6 Å². The van der Waals surface area contributed by atoms with Crippen molar-refractivity contribution >= 4 is 11.9 Å². The van der Waals surface area contributed by atoms with Crippen LogP contribution in [0.2, 0.25) is 0 Å². The Hall–Kier alpha value is -1.10. The van der Waals surface area contributed by atoms with Gasteiger partial charge >= 0.3 is 5.97 Å². The molecule has 0 spiro atoms. The van der Waals surface area contributed by atoms with E-state index in [0.29, 0.717) is 19.5 Å².